The van der Waals surface area contributed by atoms with Gasteiger partial charge in [0.25, 0.3) is 0 Å². The number of nitrogens with one attached hydrogen (secondary N) is 1. The summed E-state index contributed by atoms with van der Waals surface area (Å²) in [6, 6.07) is 3.42. The lowest BCUT2D eigenvalue weighted by Gasteiger charge is -2.22. The van der Waals surface area contributed by atoms with Crippen molar-refractivity contribution in [2.24, 2.45) is 0 Å². The maximum Gasteiger partial charge on any atom is 0.451 e. The van der Waals surface area contributed by atoms with Gasteiger partial charge in [-0.25, -0.2) is 9.97 Å². The van der Waals surface area contributed by atoms with Crippen molar-refractivity contribution < 1.29 is 13.2 Å². The first-order valence-corrected chi connectivity index (χ1v) is 6.24. The minimum atomic E-state index is -4.60. The molecule has 0 saturated heterocycles. The minimum absolute atomic E-state index is 0.125. The molecule has 0 fully saturated rings. The molecule has 0 saturated carbocycles. The van der Waals surface area contributed by atoms with Crippen LogP contribution in [-0.2, 0) is 6.18 Å². The lowest BCUT2D eigenvalue weighted by Crippen LogP contribution is -2.26. The van der Waals surface area contributed by atoms with Crippen LogP contribution in [0, 0.1) is 11.3 Å². The molecule has 0 atom stereocenters. The Bertz CT molecular complexity index is 481. The molecule has 1 aromatic heterocycles. The van der Waals surface area contributed by atoms with Crippen LogP contribution in [0.1, 0.15) is 26.1 Å². The van der Waals surface area contributed by atoms with Crippen molar-refractivity contribution in [1.82, 2.24) is 9.97 Å². The molecule has 110 valence electrons. The lowest BCUT2D eigenvalue weighted by atomic mass is 10.3. The SMILES string of the molecule is CCNc1cc(N(CC)CCC#N)nc(C(F)(F)F)n1. The molecule has 1 heterocycles. The van der Waals surface area contributed by atoms with Crippen LogP contribution in [0.25, 0.3) is 0 Å². The molecule has 0 unspecified atom stereocenters. The molecule has 1 rings (SSSR count). The molecule has 8 heteroatoms. The van der Waals surface area contributed by atoms with Gasteiger partial charge in [0.2, 0.25) is 5.82 Å². The fraction of sp³-hybridized carbons (Fsp3) is 0.583. The van der Waals surface area contributed by atoms with Gasteiger partial charge in [-0.3, -0.25) is 0 Å². The number of nitriles is 1. The van der Waals surface area contributed by atoms with Gasteiger partial charge >= 0.3 is 6.18 Å². The number of hydrogen-bond donors (Lipinski definition) is 1. The van der Waals surface area contributed by atoms with Gasteiger partial charge in [0.15, 0.2) is 0 Å². The zero-order chi connectivity index (χ0) is 15.2. The second kappa shape index (κ2) is 6.93. The number of halogens is 3. The average Bonchev–Trinajstić information content (AvgIpc) is 2.39. The predicted octanol–water partition coefficient (Wildman–Crippen LogP) is 2.67. The standard InChI is InChI=1S/C12H16F3N5/c1-3-17-9-8-10(20(4-2)7-5-6-16)19-11(18-9)12(13,14)15/h8H,3-5,7H2,1-2H3,(H,17,18,19). The molecular weight excluding hydrogens is 271 g/mol. The molecule has 5 nitrogen and oxygen atoms in total. The van der Waals surface area contributed by atoms with E-state index >= 15 is 0 Å². The zero-order valence-corrected chi connectivity index (χ0v) is 11.3. The number of aromatic nitrogens is 2. The van der Waals surface area contributed by atoms with Crippen LogP contribution in [0.5, 0.6) is 0 Å². The summed E-state index contributed by atoms with van der Waals surface area (Å²) in [6.07, 6.45) is -4.38. The van der Waals surface area contributed by atoms with E-state index in [-0.39, 0.29) is 18.1 Å². The molecule has 1 aromatic rings. The number of anilines is 2. The molecular formula is C12H16F3N5. The van der Waals surface area contributed by atoms with Crippen molar-refractivity contribution in [2.45, 2.75) is 26.4 Å². The largest absolute Gasteiger partial charge is 0.451 e. The Hall–Kier alpha value is -2.04. The van der Waals surface area contributed by atoms with E-state index < -0.39 is 12.0 Å². The van der Waals surface area contributed by atoms with Gasteiger partial charge in [-0.1, -0.05) is 0 Å². The van der Waals surface area contributed by atoms with E-state index in [0.29, 0.717) is 19.6 Å². The van der Waals surface area contributed by atoms with E-state index in [4.69, 9.17) is 5.26 Å². The molecule has 0 radical (unpaired) electrons. The monoisotopic (exact) mass is 287 g/mol. The van der Waals surface area contributed by atoms with Gasteiger partial charge < -0.3 is 10.2 Å². The van der Waals surface area contributed by atoms with E-state index in [1.807, 2.05) is 6.07 Å². The molecule has 0 amide bonds. The van der Waals surface area contributed by atoms with E-state index in [0.717, 1.165) is 0 Å². The Morgan fingerprint density at radius 2 is 2.05 bits per heavy atom. The van der Waals surface area contributed by atoms with Crippen LogP contribution < -0.4 is 10.2 Å². The van der Waals surface area contributed by atoms with Crippen molar-refractivity contribution >= 4 is 11.6 Å². The van der Waals surface area contributed by atoms with Crippen molar-refractivity contribution in [3.05, 3.63) is 11.9 Å². The highest BCUT2D eigenvalue weighted by atomic mass is 19.4. The Kier molecular flexibility index (Phi) is 5.55. The third-order valence-electron chi connectivity index (χ3n) is 2.52. The summed E-state index contributed by atoms with van der Waals surface area (Å²) >= 11 is 0. The van der Waals surface area contributed by atoms with E-state index in [9.17, 15) is 13.2 Å². The molecule has 0 aromatic carbocycles. The Morgan fingerprint density at radius 1 is 1.35 bits per heavy atom. The molecule has 0 aliphatic heterocycles. The third kappa shape index (κ3) is 4.26. The van der Waals surface area contributed by atoms with Crippen molar-refractivity contribution in [2.75, 3.05) is 29.9 Å². The summed E-state index contributed by atoms with van der Waals surface area (Å²) in [4.78, 5) is 8.62. The van der Waals surface area contributed by atoms with Crippen molar-refractivity contribution in [3.8, 4) is 6.07 Å². The Morgan fingerprint density at radius 3 is 2.55 bits per heavy atom. The van der Waals surface area contributed by atoms with Crippen LogP contribution in [0.15, 0.2) is 6.07 Å². The van der Waals surface area contributed by atoms with Gasteiger partial charge in [0.05, 0.1) is 12.5 Å². The third-order valence-corrected chi connectivity index (χ3v) is 2.52. The number of nitrogens with zero attached hydrogens (tertiary/aromatic N) is 4. The van der Waals surface area contributed by atoms with Crippen molar-refractivity contribution in [1.29, 1.82) is 5.26 Å². The summed E-state index contributed by atoms with van der Waals surface area (Å²) in [5, 5.41) is 11.3. The summed E-state index contributed by atoms with van der Waals surface area (Å²) in [5.74, 6) is -0.886. The first-order valence-electron chi connectivity index (χ1n) is 6.24. The smallest absolute Gasteiger partial charge is 0.370 e. The topological polar surface area (TPSA) is 64.8 Å². The first-order chi connectivity index (χ1) is 9.42. The second-order valence-corrected chi connectivity index (χ2v) is 3.95. The van der Waals surface area contributed by atoms with Gasteiger partial charge in [0.1, 0.15) is 11.6 Å². The van der Waals surface area contributed by atoms with Crippen LogP contribution in [0.3, 0.4) is 0 Å². The highest BCUT2D eigenvalue weighted by Gasteiger charge is 2.35. The van der Waals surface area contributed by atoms with E-state index in [1.165, 1.54) is 6.07 Å². The Balaban J connectivity index is 3.16. The summed E-state index contributed by atoms with van der Waals surface area (Å²) in [6.45, 7) is 4.80. The lowest BCUT2D eigenvalue weighted by molar-refractivity contribution is -0.144. The molecule has 0 aliphatic rings. The molecule has 0 spiro atoms. The number of alkyl halides is 3. The Labute approximate surface area is 115 Å². The number of hydrogen-bond acceptors (Lipinski definition) is 5. The molecule has 1 N–H and O–H groups in total. The highest BCUT2D eigenvalue weighted by Crippen LogP contribution is 2.29. The highest BCUT2D eigenvalue weighted by molar-refractivity contribution is 5.49. The van der Waals surface area contributed by atoms with Crippen LogP contribution >= 0.6 is 0 Å². The fourth-order valence-electron chi connectivity index (χ4n) is 1.61. The number of rotatable bonds is 6. The molecule has 20 heavy (non-hydrogen) atoms. The fourth-order valence-corrected chi connectivity index (χ4v) is 1.61. The van der Waals surface area contributed by atoms with E-state index in [1.54, 1.807) is 18.7 Å². The maximum absolute atomic E-state index is 12.8. The zero-order valence-electron chi connectivity index (χ0n) is 11.3. The van der Waals surface area contributed by atoms with Gasteiger partial charge in [-0.15, -0.1) is 0 Å². The van der Waals surface area contributed by atoms with Gasteiger partial charge in [0, 0.05) is 25.7 Å². The quantitative estimate of drug-likeness (QED) is 0.871. The molecule has 0 aliphatic carbocycles. The minimum Gasteiger partial charge on any atom is -0.370 e. The van der Waals surface area contributed by atoms with Crippen molar-refractivity contribution in [3.63, 3.8) is 0 Å². The van der Waals surface area contributed by atoms with Crippen LogP contribution in [-0.4, -0.2) is 29.6 Å². The van der Waals surface area contributed by atoms with Crippen LogP contribution in [0.2, 0.25) is 0 Å². The summed E-state index contributed by atoms with van der Waals surface area (Å²) in [5.41, 5.74) is 0. The summed E-state index contributed by atoms with van der Waals surface area (Å²) < 4.78 is 38.4. The molecule has 0 bridgehead atoms. The van der Waals surface area contributed by atoms with Gasteiger partial charge in [-0.05, 0) is 13.8 Å². The van der Waals surface area contributed by atoms with E-state index in [2.05, 4.69) is 15.3 Å². The maximum atomic E-state index is 12.8. The van der Waals surface area contributed by atoms with Crippen LogP contribution in [0.4, 0.5) is 24.8 Å². The van der Waals surface area contributed by atoms with Gasteiger partial charge in [-0.2, -0.15) is 18.4 Å². The summed E-state index contributed by atoms with van der Waals surface area (Å²) in [7, 11) is 0. The predicted molar refractivity (Wildman–Crippen MR) is 69.3 cm³/mol. The average molecular weight is 287 g/mol. The first kappa shape index (κ1) is 16.0. The second-order valence-electron chi connectivity index (χ2n) is 3.95. The normalized spacial score (nSPS) is 11.0.